The van der Waals surface area contributed by atoms with Gasteiger partial charge in [-0.2, -0.15) is 0 Å². The Morgan fingerprint density at radius 3 is 2.71 bits per heavy atom. The normalized spacial score (nSPS) is 17.9. The summed E-state index contributed by atoms with van der Waals surface area (Å²) in [4.78, 5) is 42.5. The molecule has 0 bridgehead atoms. The molecule has 2 N–H and O–H groups in total. The molecule has 0 aliphatic carbocycles. The molecule has 158 valence electrons. The number of benzene rings is 2. The van der Waals surface area contributed by atoms with Crippen LogP contribution in [0, 0.1) is 0 Å². The highest BCUT2D eigenvalue weighted by Crippen LogP contribution is 2.31. The highest BCUT2D eigenvalue weighted by molar-refractivity contribution is 6.05. The second-order valence-electron chi connectivity index (χ2n) is 7.41. The van der Waals surface area contributed by atoms with Crippen LogP contribution in [0.3, 0.4) is 0 Å². The number of imide groups is 1. The van der Waals surface area contributed by atoms with Gasteiger partial charge in [0.05, 0.1) is 5.69 Å². The average Bonchev–Trinajstić information content (AvgIpc) is 3.33. The Labute approximate surface area is 183 Å². The number of carbonyl (C=O) groups excluding carboxylic acids is 3. The van der Waals surface area contributed by atoms with Crippen molar-refractivity contribution in [2.45, 2.75) is 25.4 Å². The van der Waals surface area contributed by atoms with E-state index < -0.39 is 11.9 Å². The molecule has 9 heteroatoms. The number of piperidine rings is 1. The second-order valence-corrected chi connectivity index (χ2v) is 7.41. The van der Waals surface area contributed by atoms with Gasteiger partial charge in [0, 0.05) is 42.6 Å². The number of amides is 3. The number of phenols is 1. The predicted octanol–water partition coefficient (Wildman–Crippen LogP) is 2.43. The molecule has 31 heavy (non-hydrogen) atoms. The maximum absolute atomic E-state index is 12.9. The molecule has 0 saturated carbocycles. The molecule has 2 aliphatic heterocycles. The number of hydrogen-bond donors (Lipinski definition) is 2. The smallest absolute Gasteiger partial charge is 0.255 e. The van der Waals surface area contributed by atoms with Gasteiger partial charge in [0.25, 0.3) is 5.91 Å². The van der Waals surface area contributed by atoms with E-state index in [4.69, 9.17) is 0 Å². The van der Waals surface area contributed by atoms with Gasteiger partial charge in [-0.25, -0.2) is 4.98 Å². The van der Waals surface area contributed by atoms with Crippen LogP contribution in [-0.2, 0) is 16.1 Å². The zero-order chi connectivity index (χ0) is 20.8. The fraction of sp³-hybridized carbons (Fsp3) is 0.182. The second kappa shape index (κ2) is 7.88. The maximum atomic E-state index is 12.9. The van der Waals surface area contributed by atoms with E-state index in [1.54, 1.807) is 36.7 Å². The number of aromatic hydroxyl groups is 1. The van der Waals surface area contributed by atoms with Gasteiger partial charge in [-0.1, -0.05) is 12.1 Å². The lowest BCUT2D eigenvalue weighted by molar-refractivity contribution is -0.136. The summed E-state index contributed by atoms with van der Waals surface area (Å²) in [5.74, 6) is -0.0993. The van der Waals surface area contributed by atoms with Gasteiger partial charge < -0.3 is 10.0 Å². The van der Waals surface area contributed by atoms with Crippen LogP contribution in [0.1, 0.15) is 28.8 Å². The minimum atomic E-state index is -0.639. The summed E-state index contributed by atoms with van der Waals surface area (Å²) in [7, 11) is 0. The van der Waals surface area contributed by atoms with Crippen LogP contribution in [0.25, 0.3) is 17.1 Å². The lowest BCUT2D eigenvalue weighted by atomic mass is 10.0. The number of halogens is 1. The molecule has 0 spiro atoms. The van der Waals surface area contributed by atoms with Crippen molar-refractivity contribution in [2.75, 3.05) is 0 Å². The molecular weight excluding hydrogens is 420 g/mol. The summed E-state index contributed by atoms with van der Waals surface area (Å²) in [6.45, 7) is 0.307. The fourth-order valence-electron chi connectivity index (χ4n) is 4.08. The van der Waals surface area contributed by atoms with Crippen molar-refractivity contribution >= 4 is 30.1 Å². The first kappa shape index (κ1) is 20.6. The van der Waals surface area contributed by atoms with Crippen molar-refractivity contribution in [3.05, 3.63) is 66.0 Å². The zero-order valence-electron chi connectivity index (χ0n) is 16.3. The van der Waals surface area contributed by atoms with Gasteiger partial charge in [-0.3, -0.25) is 24.3 Å². The van der Waals surface area contributed by atoms with E-state index in [-0.39, 0.29) is 36.4 Å². The highest BCUT2D eigenvalue weighted by atomic mass is 35.5. The summed E-state index contributed by atoms with van der Waals surface area (Å²) in [5, 5.41) is 12.1. The molecule has 2 aliphatic rings. The minimum Gasteiger partial charge on any atom is -0.508 e. The summed E-state index contributed by atoms with van der Waals surface area (Å²) in [5.41, 5.74) is 2.95. The number of fused-ring (bicyclic) bond motifs is 1. The number of phenolic OH excluding ortho intramolecular Hbond substituents is 1. The molecule has 3 amide bonds. The number of rotatable bonds is 3. The zero-order valence-corrected chi connectivity index (χ0v) is 17.1. The average molecular weight is 439 g/mol. The molecule has 1 fully saturated rings. The van der Waals surface area contributed by atoms with Gasteiger partial charge in [0.2, 0.25) is 11.8 Å². The van der Waals surface area contributed by atoms with Crippen LogP contribution in [0.15, 0.2) is 54.9 Å². The largest absolute Gasteiger partial charge is 0.508 e. The lowest BCUT2D eigenvalue weighted by Gasteiger charge is -2.29. The van der Waals surface area contributed by atoms with Crippen molar-refractivity contribution in [2.24, 2.45) is 0 Å². The topological polar surface area (TPSA) is 105 Å². The Kier molecular flexibility index (Phi) is 5.24. The molecule has 3 heterocycles. The molecular formula is C22H19ClN4O4. The molecule has 8 nitrogen and oxygen atoms in total. The summed E-state index contributed by atoms with van der Waals surface area (Å²) in [6, 6.07) is 11.7. The van der Waals surface area contributed by atoms with Crippen LogP contribution in [0.4, 0.5) is 0 Å². The number of carbonyl (C=O) groups is 3. The van der Waals surface area contributed by atoms with E-state index in [9.17, 15) is 19.5 Å². The van der Waals surface area contributed by atoms with Crippen LogP contribution in [-0.4, -0.2) is 43.3 Å². The molecule has 1 saturated heterocycles. The predicted molar refractivity (Wildman–Crippen MR) is 114 cm³/mol. The summed E-state index contributed by atoms with van der Waals surface area (Å²) >= 11 is 0. The quantitative estimate of drug-likeness (QED) is 0.611. The van der Waals surface area contributed by atoms with Crippen LogP contribution >= 0.6 is 12.4 Å². The van der Waals surface area contributed by atoms with Crippen LogP contribution < -0.4 is 5.32 Å². The van der Waals surface area contributed by atoms with Crippen molar-refractivity contribution < 1.29 is 19.5 Å². The Bertz CT molecular complexity index is 1210. The van der Waals surface area contributed by atoms with Gasteiger partial charge >= 0.3 is 0 Å². The van der Waals surface area contributed by atoms with E-state index in [2.05, 4.69) is 10.3 Å². The lowest BCUT2D eigenvalue weighted by Crippen LogP contribution is -2.52. The number of nitrogens with zero attached hydrogens (tertiary/aromatic N) is 3. The van der Waals surface area contributed by atoms with Gasteiger partial charge in [-0.05, 0) is 36.2 Å². The third-order valence-electron chi connectivity index (χ3n) is 5.53. The monoisotopic (exact) mass is 438 g/mol. The fourth-order valence-corrected chi connectivity index (χ4v) is 4.08. The third kappa shape index (κ3) is 3.55. The number of aromatic nitrogens is 2. The third-order valence-corrected chi connectivity index (χ3v) is 5.53. The molecule has 0 radical (unpaired) electrons. The Hall–Kier alpha value is -3.65. The Morgan fingerprint density at radius 1 is 1.10 bits per heavy atom. The molecule has 5 rings (SSSR count). The van der Waals surface area contributed by atoms with Crippen molar-refractivity contribution in [3.63, 3.8) is 0 Å². The van der Waals surface area contributed by atoms with Crippen molar-refractivity contribution in [1.82, 2.24) is 19.8 Å². The summed E-state index contributed by atoms with van der Waals surface area (Å²) < 4.78 is 1.86. The van der Waals surface area contributed by atoms with Crippen molar-refractivity contribution in [3.8, 4) is 22.8 Å². The first-order valence-electron chi connectivity index (χ1n) is 9.62. The number of hydrogen-bond acceptors (Lipinski definition) is 5. The van der Waals surface area contributed by atoms with E-state index in [1.165, 1.54) is 4.90 Å². The number of nitrogens with one attached hydrogen (secondary N) is 1. The summed E-state index contributed by atoms with van der Waals surface area (Å²) in [6.07, 6.45) is 4.04. The van der Waals surface area contributed by atoms with E-state index >= 15 is 0 Å². The van der Waals surface area contributed by atoms with Gasteiger partial charge in [-0.15, -0.1) is 12.4 Å². The molecule has 1 aromatic heterocycles. The highest BCUT2D eigenvalue weighted by Gasteiger charge is 2.39. The standard InChI is InChI=1S/C22H18N4O4.ClH/c27-16-3-1-2-15(11-16)25-9-8-23-20(25)13-4-5-17-14(10-13)12-26(22(17)30)18-6-7-19(28)24-21(18)29;/h1-5,8-11,18,27H,6-7,12H2,(H,24,28,29);1H. The molecule has 1 atom stereocenters. The van der Waals surface area contributed by atoms with Gasteiger partial charge in [0.1, 0.15) is 17.6 Å². The Balaban J connectivity index is 0.00000231. The van der Waals surface area contributed by atoms with Crippen molar-refractivity contribution in [1.29, 1.82) is 0 Å². The molecule has 2 aromatic carbocycles. The molecule has 3 aromatic rings. The Morgan fingerprint density at radius 2 is 1.94 bits per heavy atom. The maximum Gasteiger partial charge on any atom is 0.255 e. The number of imidazole rings is 1. The first-order chi connectivity index (χ1) is 14.5. The van der Waals surface area contributed by atoms with Crippen LogP contribution in [0.5, 0.6) is 5.75 Å². The minimum absolute atomic E-state index is 0. The SMILES string of the molecule is Cl.O=C1CCC(N2Cc3cc(-c4nccn4-c4cccc(O)c4)ccc3C2=O)C(=O)N1. The van der Waals surface area contributed by atoms with E-state index in [0.29, 0.717) is 24.4 Å². The van der Waals surface area contributed by atoms with E-state index in [1.807, 2.05) is 22.8 Å². The van der Waals surface area contributed by atoms with Crippen LogP contribution in [0.2, 0.25) is 0 Å². The van der Waals surface area contributed by atoms with E-state index in [0.717, 1.165) is 16.8 Å². The molecule has 1 unspecified atom stereocenters. The first-order valence-corrected chi connectivity index (χ1v) is 9.62. The van der Waals surface area contributed by atoms with Gasteiger partial charge in [0.15, 0.2) is 0 Å².